The molecule has 1 N–H and O–H groups in total. The van der Waals surface area contributed by atoms with Gasteiger partial charge in [-0.2, -0.15) is 5.10 Å². The highest BCUT2D eigenvalue weighted by molar-refractivity contribution is 14.1. The Morgan fingerprint density at radius 3 is 2.96 bits per heavy atom. The van der Waals surface area contributed by atoms with Crippen molar-refractivity contribution < 1.29 is 14.3 Å². The van der Waals surface area contributed by atoms with E-state index in [1.54, 1.807) is 31.7 Å². The van der Waals surface area contributed by atoms with Crippen molar-refractivity contribution in [2.45, 2.75) is 6.92 Å². The molecule has 7 heteroatoms. The average Bonchev–Trinajstić information content (AvgIpc) is 2.56. The largest absolute Gasteiger partial charge is 0.492 e. The van der Waals surface area contributed by atoms with Gasteiger partial charge in [-0.25, -0.2) is 5.43 Å². The van der Waals surface area contributed by atoms with Crippen molar-refractivity contribution in [1.29, 1.82) is 0 Å². The van der Waals surface area contributed by atoms with E-state index in [1.807, 2.05) is 19.1 Å². The molecule has 0 radical (unpaired) electrons. The summed E-state index contributed by atoms with van der Waals surface area (Å²) in [5.41, 5.74) is 3.71. The van der Waals surface area contributed by atoms with Crippen LogP contribution >= 0.6 is 22.6 Å². The lowest BCUT2D eigenvalue weighted by Gasteiger charge is -2.11. The van der Waals surface area contributed by atoms with Gasteiger partial charge >= 0.3 is 0 Å². The SMILES string of the molecule is CCOc1cc(C=NNC(=O)c2cccnc2)cc(I)c1OC. The van der Waals surface area contributed by atoms with Crippen LogP contribution in [0.4, 0.5) is 0 Å². The van der Waals surface area contributed by atoms with Gasteiger partial charge in [0.05, 0.1) is 29.1 Å². The van der Waals surface area contributed by atoms with Gasteiger partial charge in [-0.15, -0.1) is 0 Å². The van der Waals surface area contributed by atoms with Crippen molar-refractivity contribution >= 4 is 34.7 Å². The second-order valence-electron chi connectivity index (χ2n) is 4.41. The molecule has 1 aromatic heterocycles. The zero-order chi connectivity index (χ0) is 16.7. The van der Waals surface area contributed by atoms with Crippen molar-refractivity contribution in [3.05, 3.63) is 51.4 Å². The summed E-state index contributed by atoms with van der Waals surface area (Å²) in [5, 5.41) is 3.96. The van der Waals surface area contributed by atoms with Gasteiger partial charge in [0.15, 0.2) is 11.5 Å². The molecule has 0 aliphatic heterocycles. The lowest BCUT2D eigenvalue weighted by atomic mass is 10.2. The molecular formula is C16H16IN3O3. The molecule has 1 heterocycles. The van der Waals surface area contributed by atoms with Crippen LogP contribution in [0.3, 0.4) is 0 Å². The topological polar surface area (TPSA) is 72.8 Å². The molecule has 0 unspecified atom stereocenters. The second kappa shape index (κ2) is 8.47. The Bertz CT molecular complexity index is 705. The molecule has 23 heavy (non-hydrogen) atoms. The van der Waals surface area contributed by atoms with Gasteiger partial charge in [0.1, 0.15) is 0 Å². The van der Waals surface area contributed by atoms with Crippen molar-refractivity contribution in [3.8, 4) is 11.5 Å². The number of amides is 1. The van der Waals surface area contributed by atoms with Crippen LogP contribution in [0.2, 0.25) is 0 Å². The van der Waals surface area contributed by atoms with Gasteiger partial charge in [-0.1, -0.05) is 0 Å². The fourth-order valence-corrected chi connectivity index (χ4v) is 2.70. The summed E-state index contributed by atoms with van der Waals surface area (Å²) in [6.07, 6.45) is 4.64. The molecule has 120 valence electrons. The molecule has 6 nitrogen and oxygen atoms in total. The minimum absolute atomic E-state index is 0.317. The summed E-state index contributed by atoms with van der Waals surface area (Å²) in [4.78, 5) is 15.8. The number of rotatable bonds is 6. The minimum Gasteiger partial charge on any atom is -0.492 e. The molecule has 0 saturated carbocycles. The smallest absolute Gasteiger partial charge is 0.272 e. The number of nitrogens with one attached hydrogen (secondary N) is 1. The molecule has 1 amide bonds. The van der Waals surface area contributed by atoms with E-state index in [4.69, 9.17) is 9.47 Å². The summed E-state index contributed by atoms with van der Waals surface area (Å²) >= 11 is 2.16. The maximum atomic E-state index is 11.9. The first-order chi connectivity index (χ1) is 11.2. The lowest BCUT2D eigenvalue weighted by Crippen LogP contribution is -2.17. The number of halogens is 1. The van der Waals surface area contributed by atoms with E-state index in [2.05, 4.69) is 38.1 Å². The predicted molar refractivity (Wildman–Crippen MR) is 96.2 cm³/mol. The van der Waals surface area contributed by atoms with Gasteiger partial charge in [0, 0.05) is 12.4 Å². The van der Waals surface area contributed by atoms with Gasteiger partial charge in [-0.3, -0.25) is 9.78 Å². The lowest BCUT2D eigenvalue weighted by molar-refractivity contribution is 0.0955. The van der Waals surface area contributed by atoms with Crippen LogP contribution in [0.1, 0.15) is 22.8 Å². The Labute approximate surface area is 148 Å². The van der Waals surface area contributed by atoms with Crippen LogP contribution in [0.15, 0.2) is 41.8 Å². The molecule has 0 saturated heterocycles. The first-order valence-electron chi connectivity index (χ1n) is 6.89. The first-order valence-corrected chi connectivity index (χ1v) is 7.97. The van der Waals surface area contributed by atoms with Gasteiger partial charge in [0.2, 0.25) is 0 Å². The van der Waals surface area contributed by atoms with E-state index in [0.717, 1.165) is 9.13 Å². The third kappa shape index (κ3) is 4.65. The van der Waals surface area contributed by atoms with E-state index in [0.29, 0.717) is 23.7 Å². The molecule has 0 aliphatic carbocycles. The summed E-state index contributed by atoms with van der Waals surface area (Å²) < 4.78 is 11.8. The highest BCUT2D eigenvalue weighted by Crippen LogP contribution is 2.33. The number of benzene rings is 1. The Hall–Kier alpha value is -2.16. The van der Waals surface area contributed by atoms with Crippen LogP contribution in [0.25, 0.3) is 0 Å². The molecule has 1 aromatic carbocycles. The van der Waals surface area contributed by atoms with Crippen LogP contribution in [-0.2, 0) is 0 Å². The highest BCUT2D eigenvalue weighted by Gasteiger charge is 2.10. The van der Waals surface area contributed by atoms with E-state index in [-0.39, 0.29) is 5.91 Å². The van der Waals surface area contributed by atoms with Crippen molar-refractivity contribution in [1.82, 2.24) is 10.4 Å². The fourth-order valence-electron chi connectivity index (χ4n) is 1.85. The Balaban J connectivity index is 2.12. The van der Waals surface area contributed by atoms with Crippen molar-refractivity contribution in [2.75, 3.05) is 13.7 Å². The maximum absolute atomic E-state index is 11.9. The summed E-state index contributed by atoms with van der Waals surface area (Å²) in [6, 6.07) is 7.06. The standard InChI is InChI=1S/C16H16IN3O3/c1-3-23-14-8-11(7-13(17)15(14)22-2)9-19-20-16(21)12-5-4-6-18-10-12/h4-10H,3H2,1-2H3,(H,20,21). The van der Waals surface area contributed by atoms with Gasteiger partial charge in [-0.05, 0) is 59.3 Å². The molecule has 0 spiro atoms. The number of methoxy groups -OCH3 is 1. The number of hydrogen-bond donors (Lipinski definition) is 1. The molecule has 2 rings (SSSR count). The zero-order valence-electron chi connectivity index (χ0n) is 12.7. The summed E-state index contributed by atoms with van der Waals surface area (Å²) in [5.74, 6) is 1.01. The number of aromatic nitrogens is 1. The normalized spacial score (nSPS) is 10.6. The minimum atomic E-state index is -0.317. The quantitative estimate of drug-likeness (QED) is 0.439. The number of hydrogen-bond acceptors (Lipinski definition) is 5. The molecule has 0 fully saturated rings. The van der Waals surface area contributed by atoms with E-state index in [9.17, 15) is 4.79 Å². The zero-order valence-corrected chi connectivity index (χ0v) is 14.9. The van der Waals surface area contributed by atoms with Crippen LogP contribution in [-0.4, -0.2) is 30.8 Å². The average molecular weight is 425 g/mol. The first kappa shape index (κ1) is 17.2. The number of ether oxygens (including phenoxy) is 2. The van der Waals surface area contributed by atoms with Gasteiger partial charge < -0.3 is 9.47 Å². The number of pyridine rings is 1. The van der Waals surface area contributed by atoms with Crippen LogP contribution < -0.4 is 14.9 Å². The van der Waals surface area contributed by atoms with Gasteiger partial charge in [0.25, 0.3) is 5.91 Å². The Morgan fingerprint density at radius 1 is 1.48 bits per heavy atom. The number of carbonyl (C=O) groups excluding carboxylic acids is 1. The van der Waals surface area contributed by atoms with E-state index >= 15 is 0 Å². The number of carbonyl (C=O) groups is 1. The molecule has 0 atom stereocenters. The maximum Gasteiger partial charge on any atom is 0.272 e. The molecule has 0 bridgehead atoms. The van der Waals surface area contributed by atoms with E-state index in [1.165, 1.54) is 6.20 Å². The molecule has 0 aliphatic rings. The highest BCUT2D eigenvalue weighted by atomic mass is 127. The summed E-state index contributed by atoms with van der Waals surface area (Å²) in [6.45, 7) is 2.44. The predicted octanol–water partition coefficient (Wildman–Crippen LogP) is 2.86. The van der Waals surface area contributed by atoms with Crippen LogP contribution in [0.5, 0.6) is 11.5 Å². The van der Waals surface area contributed by atoms with E-state index < -0.39 is 0 Å². The molecular weight excluding hydrogens is 409 g/mol. The van der Waals surface area contributed by atoms with Crippen molar-refractivity contribution in [3.63, 3.8) is 0 Å². The number of hydrazone groups is 1. The molecule has 2 aromatic rings. The third-order valence-electron chi connectivity index (χ3n) is 2.84. The van der Waals surface area contributed by atoms with Crippen molar-refractivity contribution in [2.24, 2.45) is 5.10 Å². The monoisotopic (exact) mass is 425 g/mol. The summed E-state index contributed by atoms with van der Waals surface area (Å²) in [7, 11) is 1.60. The van der Waals surface area contributed by atoms with Crippen LogP contribution in [0, 0.1) is 3.57 Å². The Kier molecular flexibility index (Phi) is 6.33. The second-order valence-corrected chi connectivity index (χ2v) is 5.57. The third-order valence-corrected chi connectivity index (χ3v) is 3.64. The number of nitrogens with zero attached hydrogens (tertiary/aromatic N) is 2. The fraction of sp³-hybridized carbons (Fsp3) is 0.188. The Morgan fingerprint density at radius 2 is 2.30 bits per heavy atom.